The first-order valence-corrected chi connectivity index (χ1v) is 5.61. The number of hydrogen-bond donors (Lipinski definition) is 0. The molecule has 0 bridgehead atoms. The molecule has 3 heteroatoms. The number of hydrogen-bond acceptors (Lipinski definition) is 2. The predicted octanol–water partition coefficient (Wildman–Crippen LogP) is 2.44. The SMILES string of the molecule is CCCCn1cccc(OCCC)c1=O. The molecule has 15 heavy (non-hydrogen) atoms. The van der Waals surface area contributed by atoms with E-state index in [1.165, 1.54) is 0 Å². The molecule has 0 amide bonds. The van der Waals surface area contributed by atoms with E-state index < -0.39 is 0 Å². The van der Waals surface area contributed by atoms with Crippen LogP contribution in [0.3, 0.4) is 0 Å². The van der Waals surface area contributed by atoms with E-state index >= 15 is 0 Å². The molecule has 0 unspecified atom stereocenters. The fraction of sp³-hybridized carbons (Fsp3) is 0.583. The zero-order valence-electron chi connectivity index (χ0n) is 9.53. The van der Waals surface area contributed by atoms with Gasteiger partial charge in [0.25, 0.3) is 5.56 Å². The quantitative estimate of drug-likeness (QED) is 0.720. The summed E-state index contributed by atoms with van der Waals surface area (Å²) in [6.45, 7) is 5.52. The zero-order chi connectivity index (χ0) is 11.1. The first-order valence-electron chi connectivity index (χ1n) is 5.61. The van der Waals surface area contributed by atoms with Gasteiger partial charge in [0, 0.05) is 12.7 Å². The largest absolute Gasteiger partial charge is 0.488 e. The molecule has 0 atom stereocenters. The van der Waals surface area contributed by atoms with Gasteiger partial charge in [0.2, 0.25) is 0 Å². The van der Waals surface area contributed by atoms with Crippen LogP contribution in [0.4, 0.5) is 0 Å². The van der Waals surface area contributed by atoms with E-state index in [1.807, 2.05) is 19.2 Å². The van der Waals surface area contributed by atoms with Gasteiger partial charge in [-0.1, -0.05) is 20.3 Å². The van der Waals surface area contributed by atoms with E-state index in [-0.39, 0.29) is 5.56 Å². The van der Waals surface area contributed by atoms with Gasteiger partial charge in [-0.05, 0) is 25.0 Å². The van der Waals surface area contributed by atoms with Crippen molar-refractivity contribution in [2.24, 2.45) is 0 Å². The average Bonchev–Trinajstić information content (AvgIpc) is 2.26. The van der Waals surface area contributed by atoms with Crippen LogP contribution in [0.2, 0.25) is 0 Å². The Bertz CT molecular complexity index is 314. The molecule has 3 nitrogen and oxygen atoms in total. The van der Waals surface area contributed by atoms with Crippen LogP contribution >= 0.6 is 0 Å². The van der Waals surface area contributed by atoms with Gasteiger partial charge in [0.05, 0.1) is 6.61 Å². The van der Waals surface area contributed by atoms with Crippen molar-refractivity contribution in [3.8, 4) is 5.75 Å². The lowest BCUT2D eigenvalue weighted by molar-refractivity contribution is 0.310. The van der Waals surface area contributed by atoms with Crippen LogP contribution in [0.15, 0.2) is 23.1 Å². The Kier molecular flexibility index (Phi) is 4.95. The minimum atomic E-state index is -0.0144. The highest BCUT2D eigenvalue weighted by atomic mass is 16.5. The fourth-order valence-electron chi connectivity index (χ4n) is 1.34. The number of pyridine rings is 1. The van der Waals surface area contributed by atoms with Crippen LogP contribution < -0.4 is 10.3 Å². The molecule has 84 valence electrons. The number of aryl methyl sites for hydroxylation is 1. The van der Waals surface area contributed by atoms with Crippen molar-refractivity contribution >= 4 is 0 Å². The van der Waals surface area contributed by atoms with Crippen molar-refractivity contribution in [1.29, 1.82) is 0 Å². The summed E-state index contributed by atoms with van der Waals surface area (Å²) in [5.41, 5.74) is -0.0144. The summed E-state index contributed by atoms with van der Waals surface area (Å²) in [6, 6.07) is 3.60. The van der Waals surface area contributed by atoms with E-state index in [4.69, 9.17) is 4.74 Å². The molecule has 0 spiro atoms. The fourth-order valence-corrected chi connectivity index (χ4v) is 1.34. The van der Waals surface area contributed by atoms with Crippen molar-refractivity contribution in [3.63, 3.8) is 0 Å². The molecule has 0 saturated heterocycles. The van der Waals surface area contributed by atoms with Crippen LogP contribution in [0.5, 0.6) is 5.75 Å². The zero-order valence-corrected chi connectivity index (χ0v) is 9.53. The van der Waals surface area contributed by atoms with Gasteiger partial charge in [-0.2, -0.15) is 0 Å². The highest BCUT2D eigenvalue weighted by Crippen LogP contribution is 2.03. The van der Waals surface area contributed by atoms with E-state index in [0.717, 1.165) is 25.8 Å². The van der Waals surface area contributed by atoms with Gasteiger partial charge in [0.15, 0.2) is 5.75 Å². The molecule has 1 aromatic rings. The third-order valence-corrected chi connectivity index (χ3v) is 2.20. The second kappa shape index (κ2) is 6.27. The first-order chi connectivity index (χ1) is 7.29. The number of ether oxygens (including phenoxy) is 1. The van der Waals surface area contributed by atoms with Crippen LogP contribution in [0, 0.1) is 0 Å². The number of aromatic nitrogens is 1. The topological polar surface area (TPSA) is 31.2 Å². The molecule has 0 fully saturated rings. The van der Waals surface area contributed by atoms with Crippen molar-refractivity contribution in [2.75, 3.05) is 6.61 Å². The summed E-state index contributed by atoms with van der Waals surface area (Å²) in [5.74, 6) is 0.468. The Morgan fingerprint density at radius 2 is 2.13 bits per heavy atom. The van der Waals surface area contributed by atoms with Crippen molar-refractivity contribution in [2.45, 2.75) is 39.7 Å². The number of unbranched alkanes of at least 4 members (excludes halogenated alkanes) is 1. The molecule has 0 radical (unpaired) electrons. The van der Waals surface area contributed by atoms with E-state index in [9.17, 15) is 4.79 Å². The van der Waals surface area contributed by atoms with E-state index in [1.54, 1.807) is 10.6 Å². The maximum Gasteiger partial charge on any atom is 0.292 e. The number of nitrogens with zero attached hydrogens (tertiary/aromatic N) is 1. The Hall–Kier alpha value is -1.25. The van der Waals surface area contributed by atoms with Gasteiger partial charge in [0.1, 0.15) is 0 Å². The molecule has 1 rings (SSSR count). The molecule has 1 aromatic heterocycles. The van der Waals surface area contributed by atoms with Gasteiger partial charge in [-0.25, -0.2) is 0 Å². The van der Waals surface area contributed by atoms with Crippen LogP contribution in [0.1, 0.15) is 33.1 Å². The van der Waals surface area contributed by atoms with E-state index in [2.05, 4.69) is 6.92 Å². The molecule has 0 aromatic carbocycles. The lowest BCUT2D eigenvalue weighted by atomic mass is 10.3. The summed E-state index contributed by atoms with van der Waals surface area (Å²) in [4.78, 5) is 11.8. The normalized spacial score (nSPS) is 10.3. The van der Waals surface area contributed by atoms with Gasteiger partial charge >= 0.3 is 0 Å². The van der Waals surface area contributed by atoms with Crippen LogP contribution in [-0.2, 0) is 6.54 Å². The molecule has 0 aliphatic rings. The predicted molar refractivity (Wildman–Crippen MR) is 61.4 cm³/mol. The molecular formula is C12H19NO2. The second-order valence-electron chi connectivity index (χ2n) is 3.57. The van der Waals surface area contributed by atoms with Gasteiger partial charge in [-0.3, -0.25) is 4.79 Å². The summed E-state index contributed by atoms with van der Waals surface area (Å²) >= 11 is 0. The summed E-state index contributed by atoms with van der Waals surface area (Å²) < 4.78 is 7.09. The maximum absolute atomic E-state index is 11.8. The van der Waals surface area contributed by atoms with E-state index in [0.29, 0.717) is 12.4 Å². The van der Waals surface area contributed by atoms with Crippen LogP contribution in [-0.4, -0.2) is 11.2 Å². The average molecular weight is 209 g/mol. The Morgan fingerprint density at radius 3 is 2.80 bits per heavy atom. The summed E-state index contributed by atoms with van der Waals surface area (Å²) in [5, 5.41) is 0. The maximum atomic E-state index is 11.8. The molecule has 0 saturated carbocycles. The summed E-state index contributed by atoms with van der Waals surface area (Å²) in [7, 11) is 0. The first kappa shape index (κ1) is 11.8. The number of rotatable bonds is 6. The molecule has 0 aliphatic heterocycles. The minimum Gasteiger partial charge on any atom is -0.488 e. The Morgan fingerprint density at radius 1 is 1.33 bits per heavy atom. The van der Waals surface area contributed by atoms with Gasteiger partial charge < -0.3 is 9.30 Å². The lowest BCUT2D eigenvalue weighted by Crippen LogP contribution is -2.21. The van der Waals surface area contributed by atoms with Crippen molar-refractivity contribution in [1.82, 2.24) is 4.57 Å². The minimum absolute atomic E-state index is 0.0144. The molecule has 0 aliphatic carbocycles. The Balaban J connectivity index is 2.76. The van der Waals surface area contributed by atoms with Crippen molar-refractivity contribution in [3.05, 3.63) is 28.7 Å². The second-order valence-corrected chi connectivity index (χ2v) is 3.57. The molecule has 0 N–H and O–H groups in total. The smallest absolute Gasteiger partial charge is 0.292 e. The third-order valence-electron chi connectivity index (χ3n) is 2.20. The van der Waals surface area contributed by atoms with Crippen LogP contribution in [0.25, 0.3) is 0 Å². The standard InChI is InChI=1S/C12H19NO2/c1-3-5-8-13-9-6-7-11(12(13)14)15-10-4-2/h6-7,9H,3-5,8,10H2,1-2H3. The summed E-state index contributed by atoms with van der Waals surface area (Å²) in [6.07, 6.45) is 4.85. The third kappa shape index (κ3) is 3.42. The molecule has 1 heterocycles. The highest BCUT2D eigenvalue weighted by Gasteiger charge is 2.02. The van der Waals surface area contributed by atoms with Gasteiger partial charge in [-0.15, -0.1) is 0 Å². The van der Waals surface area contributed by atoms with Crippen molar-refractivity contribution < 1.29 is 4.74 Å². The molecular weight excluding hydrogens is 190 g/mol. The monoisotopic (exact) mass is 209 g/mol. The lowest BCUT2D eigenvalue weighted by Gasteiger charge is -2.08. The highest BCUT2D eigenvalue weighted by molar-refractivity contribution is 5.17. The Labute approximate surface area is 90.7 Å².